The van der Waals surface area contributed by atoms with Gasteiger partial charge in [-0.3, -0.25) is 0 Å². The lowest BCUT2D eigenvalue weighted by Gasteiger charge is -2.20. The smallest absolute Gasteiger partial charge is 0.338 e. The first kappa shape index (κ1) is 13.7. The third-order valence-electron chi connectivity index (χ3n) is 2.39. The molecule has 17 heavy (non-hydrogen) atoms. The monoisotopic (exact) mass is 235 g/mol. The van der Waals surface area contributed by atoms with Crippen molar-refractivity contribution in [2.45, 2.75) is 45.8 Å². The van der Waals surface area contributed by atoms with Crippen molar-refractivity contribution in [3.63, 3.8) is 0 Å². The number of benzene rings is 1. The predicted octanol–water partition coefficient (Wildman–Crippen LogP) is 3.05. The van der Waals surface area contributed by atoms with Crippen LogP contribution in [-0.2, 0) is 4.74 Å². The van der Waals surface area contributed by atoms with Gasteiger partial charge in [-0.25, -0.2) is 4.79 Å². The fourth-order valence-electron chi connectivity index (χ4n) is 1.47. The first-order chi connectivity index (χ1) is 7.83. The summed E-state index contributed by atoms with van der Waals surface area (Å²) in [5.74, 6) is -0.303. The summed E-state index contributed by atoms with van der Waals surface area (Å²) in [6.07, 6.45) is 0.845. The highest BCUT2D eigenvalue weighted by atomic mass is 16.6. The number of carbonyl (C=O) groups excluding carboxylic acids is 1. The molecule has 1 atom stereocenters. The first-order valence-corrected chi connectivity index (χ1v) is 5.92. The summed E-state index contributed by atoms with van der Waals surface area (Å²) in [5, 5.41) is 0. The Bertz CT molecular complexity index is 393. The van der Waals surface area contributed by atoms with Gasteiger partial charge >= 0.3 is 5.97 Å². The van der Waals surface area contributed by atoms with Crippen LogP contribution in [0.5, 0.6) is 0 Å². The van der Waals surface area contributed by atoms with Gasteiger partial charge in [-0.1, -0.05) is 19.1 Å². The van der Waals surface area contributed by atoms with Crippen LogP contribution < -0.4 is 5.73 Å². The lowest BCUT2D eigenvalue weighted by molar-refractivity contribution is 0.00694. The van der Waals surface area contributed by atoms with Gasteiger partial charge in [0.15, 0.2) is 0 Å². The molecule has 0 saturated carbocycles. The second-order valence-electron chi connectivity index (χ2n) is 5.14. The van der Waals surface area contributed by atoms with Crippen LogP contribution >= 0.6 is 0 Å². The normalized spacial score (nSPS) is 13.2. The average Bonchev–Trinajstić information content (AvgIpc) is 2.26. The minimum Gasteiger partial charge on any atom is -0.456 e. The summed E-state index contributed by atoms with van der Waals surface area (Å²) in [6, 6.07) is 7.30. The fraction of sp³-hybridized carbons (Fsp3) is 0.500. The van der Waals surface area contributed by atoms with E-state index in [1.807, 2.05) is 45.9 Å². The first-order valence-electron chi connectivity index (χ1n) is 5.92. The highest BCUT2D eigenvalue weighted by Gasteiger charge is 2.18. The molecule has 0 saturated heterocycles. The summed E-state index contributed by atoms with van der Waals surface area (Å²) < 4.78 is 5.31. The molecule has 0 amide bonds. The SMILES string of the molecule is CC[C@@H](N)c1cccc(C(=O)OC(C)(C)C)c1. The zero-order chi connectivity index (χ0) is 13.1. The molecule has 1 aromatic rings. The molecule has 2 N–H and O–H groups in total. The Labute approximate surface area is 103 Å². The maximum absolute atomic E-state index is 11.9. The Morgan fingerprint density at radius 3 is 2.59 bits per heavy atom. The van der Waals surface area contributed by atoms with Crippen LogP contribution in [0.2, 0.25) is 0 Å². The van der Waals surface area contributed by atoms with Gasteiger partial charge in [0.25, 0.3) is 0 Å². The highest BCUT2D eigenvalue weighted by Crippen LogP contribution is 2.17. The Balaban J connectivity index is 2.88. The maximum Gasteiger partial charge on any atom is 0.338 e. The van der Waals surface area contributed by atoms with Crippen LogP contribution in [-0.4, -0.2) is 11.6 Å². The van der Waals surface area contributed by atoms with Crippen molar-refractivity contribution < 1.29 is 9.53 Å². The summed E-state index contributed by atoms with van der Waals surface area (Å²) >= 11 is 0. The Hall–Kier alpha value is -1.35. The van der Waals surface area contributed by atoms with Crippen LogP contribution in [0.15, 0.2) is 24.3 Å². The second-order valence-corrected chi connectivity index (χ2v) is 5.14. The molecular formula is C14H21NO2. The van der Waals surface area contributed by atoms with Crippen LogP contribution in [0.4, 0.5) is 0 Å². The number of carbonyl (C=O) groups is 1. The van der Waals surface area contributed by atoms with Crippen LogP contribution in [0, 0.1) is 0 Å². The molecular weight excluding hydrogens is 214 g/mol. The van der Waals surface area contributed by atoms with E-state index in [0.717, 1.165) is 12.0 Å². The van der Waals surface area contributed by atoms with Crippen LogP contribution in [0.3, 0.4) is 0 Å². The number of esters is 1. The van der Waals surface area contributed by atoms with Crippen molar-refractivity contribution in [3.05, 3.63) is 35.4 Å². The van der Waals surface area contributed by atoms with Gasteiger partial charge in [0, 0.05) is 6.04 Å². The van der Waals surface area contributed by atoms with E-state index in [4.69, 9.17) is 10.5 Å². The lowest BCUT2D eigenvalue weighted by Crippen LogP contribution is -2.24. The van der Waals surface area contributed by atoms with Gasteiger partial charge in [-0.05, 0) is 44.9 Å². The summed E-state index contributed by atoms with van der Waals surface area (Å²) in [5.41, 5.74) is 6.99. The van der Waals surface area contributed by atoms with E-state index in [1.54, 1.807) is 6.07 Å². The van der Waals surface area contributed by atoms with Crippen molar-refractivity contribution in [2.24, 2.45) is 5.73 Å². The minimum absolute atomic E-state index is 0.0302. The number of hydrogen-bond acceptors (Lipinski definition) is 3. The molecule has 1 rings (SSSR count). The molecule has 0 unspecified atom stereocenters. The molecule has 0 heterocycles. The molecule has 0 bridgehead atoms. The van der Waals surface area contributed by atoms with Crippen molar-refractivity contribution in [1.82, 2.24) is 0 Å². The molecule has 0 radical (unpaired) electrons. The van der Waals surface area contributed by atoms with Crippen LogP contribution in [0.1, 0.15) is 56.1 Å². The van der Waals surface area contributed by atoms with Crippen molar-refractivity contribution >= 4 is 5.97 Å². The molecule has 0 aromatic heterocycles. The van der Waals surface area contributed by atoms with Crippen molar-refractivity contribution in [2.75, 3.05) is 0 Å². The molecule has 0 aliphatic heterocycles. The van der Waals surface area contributed by atoms with E-state index in [1.165, 1.54) is 0 Å². The molecule has 94 valence electrons. The minimum atomic E-state index is -0.472. The summed E-state index contributed by atoms with van der Waals surface area (Å²) in [4.78, 5) is 11.9. The topological polar surface area (TPSA) is 52.3 Å². The maximum atomic E-state index is 11.9. The molecule has 0 aliphatic rings. The third-order valence-corrected chi connectivity index (χ3v) is 2.39. The van der Waals surface area contributed by atoms with Crippen molar-refractivity contribution in [1.29, 1.82) is 0 Å². The third kappa shape index (κ3) is 4.19. The molecule has 1 aromatic carbocycles. The molecule has 0 aliphatic carbocycles. The Morgan fingerprint density at radius 1 is 1.41 bits per heavy atom. The Kier molecular flexibility index (Phi) is 4.29. The van der Waals surface area contributed by atoms with E-state index < -0.39 is 5.60 Å². The Morgan fingerprint density at radius 2 is 2.06 bits per heavy atom. The second kappa shape index (κ2) is 5.32. The van der Waals surface area contributed by atoms with E-state index >= 15 is 0 Å². The zero-order valence-corrected chi connectivity index (χ0v) is 11.0. The molecule has 3 heteroatoms. The standard InChI is InChI=1S/C14H21NO2/c1-5-12(15)10-7-6-8-11(9-10)13(16)17-14(2,3)4/h6-9,12H,5,15H2,1-4H3/t12-/m1/s1. The van der Waals surface area contributed by atoms with E-state index in [9.17, 15) is 4.79 Å². The molecule has 3 nitrogen and oxygen atoms in total. The predicted molar refractivity (Wildman–Crippen MR) is 68.8 cm³/mol. The average molecular weight is 235 g/mol. The number of nitrogens with two attached hydrogens (primary N) is 1. The highest BCUT2D eigenvalue weighted by molar-refractivity contribution is 5.89. The number of rotatable bonds is 3. The van der Waals surface area contributed by atoms with E-state index in [-0.39, 0.29) is 12.0 Å². The number of hydrogen-bond donors (Lipinski definition) is 1. The van der Waals surface area contributed by atoms with Gasteiger partial charge in [0.05, 0.1) is 5.56 Å². The van der Waals surface area contributed by atoms with Gasteiger partial charge in [-0.15, -0.1) is 0 Å². The van der Waals surface area contributed by atoms with E-state index in [0.29, 0.717) is 5.56 Å². The summed E-state index contributed by atoms with van der Waals surface area (Å²) in [6.45, 7) is 7.58. The molecule has 0 spiro atoms. The van der Waals surface area contributed by atoms with Crippen molar-refractivity contribution in [3.8, 4) is 0 Å². The number of ether oxygens (including phenoxy) is 1. The molecule has 0 fully saturated rings. The quantitative estimate of drug-likeness (QED) is 0.819. The summed E-state index contributed by atoms with van der Waals surface area (Å²) in [7, 11) is 0. The van der Waals surface area contributed by atoms with E-state index in [2.05, 4.69) is 0 Å². The van der Waals surface area contributed by atoms with Gasteiger partial charge in [-0.2, -0.15) is 0 Å². The largest absolute Gasteiger partial charge is 0.456 e. The van der Waals surface area contributed by atoms with Gasteiger partial charge in [0.2, 0.25) is 0 Å². The van der Waals surface area contributed by atoms with Crippen LogP contribution in [0.25, 0.3) is 0 Å². The van der Waals surface area contributed by atoms with Gasteiger partial charge in [0.1, 0.15) is 5.60 Å². The van der Waals surface area contributed by atoms with Gasteiger partial charge < -0.3 is 10.5 Å². The fourth-order valence-corrected chi connectivity index (χ4v) is 1.47. The zero-order valence-electron chi connectivity index (χ0n) is 11.0. The lowest BCUT2D eigenvalue weighted by atomic mass is 10.0.